The first-order valence-electron chi connectivity index (χ1n) is 4.97. The molecule has 0 aromatic heterocycles. The molecule has 0 atom stereocenters. The first-order valence-corrected chi connectivity index (χ1v) is 4.97. The molecule has 0 aliphatic carbocycles. The van der Waals surface area contributed by atoms with Gasteiger partial charge in [0.05, 0.1) is 7.11 Å². The van der Waals surface area contributed by atoms with Crippen LogP contribution in [-0.2, 0) is 16.1 Å². The molecule has 0 aliphatic heterocycles. The fraction of sp³-hybridized carbons (Fsp3) is 0.273. The van der Waals surface area contributed by atoms with Gasteiger partial charge in [-0.25, -0.2) is 9.18 Å². The number of rotatable bonds is 5. The highest BCUT2D eigenvalue weighted by molar-refractivity contribution is 5.76. The van der Waals surface area contributed by atoms with E-state index in [1.807, 2.05) is 5.32 Å². The summed E-state index contributed by atoms with van der Waals surface area (Å²) < 4.78 is 22.7. The van der Waals surface area contributed by atoms with Gasteiger partial charge in [0.25, 0.3) is 0 Å². The lowest BCUT2D eigenvalue weighted by molar-refractivity contribution is -0.135. The second kappa shape index (κ2) is 6.43. The molecule has 1 aromatic rings. The Kier molecular flexibility index (Phi) is 4.91. The van der Waals surface area contributed by atoms with Gasteiger partial charge in [0.2, 0.25) is 0 Å². The van der Waals surface area contributed by atoms with Crippen molar-refractivity contribution in [1.29, 1.82) is 0 Å². The molecule has 0 aliphatic rings. The Morgan fingerprint density at radius 1 is 1.44 bits per heavy atom. The van der Waals surface area contributed by atoms with E-state index in [2.05, 4.69) is 4.74 Å². The third-order valence-corrected chi connectivity index (χ3v) is 1.97. The number of nitrogens with one attached hydrogen (secondary N) is 1. The van der Waals surface area contributed by atoms with Gasteiger partial charge in [-0.1, -0.05) is 6.07 Å². The largest absolute Gasteiger partial charge is 0.494 e. The Balaban J connectivity index is 2.46. The van der Waals surface area contributed by atoms with Gasteiger partial charge in [0.15, 0.2) is 11.6 Å². The molecule has 98 valence electrons. The highest BCUT2D eigenvalue weighted by Gasteiger charge is 2.07. The molecule has 7 heteroatoms. The first-order chi connectivity index (χ1) is 8.52. The quantitative estimate of drug-likeness (QED) is 0.826. The molecular formula is C11H12FNO5. The van der Waals surface area contributed by atoms with Crippen molar-refractivity contribution in [2.24, 2.45) is 0 Å². The molecule has 0 spiro atoms. The molecule has 0 bridgehead atoms. The van der Waals surface area contributed by atoms with E-state index < -0.39 is 24.4 Å². The van der Waals surface area contributed by atoms with E-state index in [4.69, 9.17) is 9.84 Å². The van der Waals surface area contributed by atoms with Crippen molar-refractivity contribution in [1.82, 2.24) is 5.32 Å². The summed E-state index contributed by atoms with van der Waals surface area (Å²) in [5.41, 5.74) is 0.429. The highest BCUT2D eigenvalue weighted by Crippen LogP contribution is 2.17. The van der Waals surface area contributed by atoms with Gasteiger partial charge < -0.3 is 19.9 Å². The van der Waals surface area contributed by atoms with Crippen molar-refractivity contribution in [3.63, 3.8) is 0 Å². The zero-order valence-electron chi connectivity index (χ0n) is 9.60. The molecule has 2 N–H and O–H groups in total. The van der Waals surface area contributed by atoms with Gasteiger partial charge in [-0.05, 0) is 17.7 Å². The summed E-state index contributed by atoms with van der Waals surface area (Å²) in [6, 6.07) is 4.11. The Bertz CT molecular complexity index is 449. The van der Waals surface area contributed by atoms with Crippen LogP contribution in [0.5, 0.6) is 5.75 Å². The SMILES string of the molecule is COc1ccc(COC(=O)NCC(=O)O)cc1F. The van der Waals surface area contributed by atoms with Crippen LogP contribution in [-0.4, -0.2) is 30.8 Å². The van der Waals surface area contributed by atoms with Crippen LogP contribution < -0.4 is 10.1 Å². The fourth-order valence-electron chi connectivity index (χ4n) is 1.15. The molecule has 6 nitrogen and oxygen atoms in total. The number of hydrogen-bond donors (Lipinski definition) is 2. The maximum Gasteiger partial charge on any atom is 0.407 e. The maximum absolute atomic E-state index is 13.3. The minimum atomic E-state index is -1.18. The molecule has 0 radical (unpaired) electrons. The van der Waals surface area contributed by atoms with E-state index in [-0.39, 0.29) is 12.4 Å². The Morgan fingerprint density at radius 2 is 2.17 bits per heavy atom. The monoisotopic (exact) mass is 257 g/mol. The number of alkyl carbamates (subject to hydrolysis) is 1. The number of methoxy groups -OCH3 is 1. The van der Waals surface area contributed by atoms with Gasteiger partial charge >= 0.3 is 12.1 Å². The van der Waals surface area contributed by atoms with Gasteiger partial charge in [-0.15, -0.1) is 0 Å². The zero-order chi connectivity index (χ0) is 13.5. The van der Waals surface area contributed by atoms with Crippen molar-refractivity contribution < 1.29 is 28.6 Å². The third-order valence-electron chi connectivity index (χ3n) is 1.97. The minimum absolute atomic E-state index is 0.0917. The normalized spacial score (nSPS) is 9.67. The number of benzene rings is 1. The minimum Gasteiger partial charge on any atom is -0.494 e. The summed E-state index contributed by atoms with van der Waals surface area (Å²) in [5, 5.41) is 10.3. The first kappa shape index (κ1) is 13.8. The molecule has 0 saturated heterocycles. The number of amides is 1. The molecule has 1 rings (SSSR count). The summed E-state index contributed by atoms with van der Waals surface area (Å²) >= 11 is 0. The molecule has 0 heterocycles. The van der Waals surface area contributed by atoms with Gasteiger partial charge in [0, 0.05) is 0 Å². The highest BCUT2D eigenvalue weighted by atomic mass is 19.1. The summed E-state index contributed by atoms with van der Waals surface area (Å²) in [7, 11) is 1.34. The second-order valence-corrected chi connectivity index (χ2v) is 3.29. The number of ether oxygens (including phenoxy) is 2. The van der Waals surface area contributed by atoms with Crippen LogP contribution in [0.15, 0.2) is 18.2 Å². The van der Waals surface area contributed by atoms with Gasteiger partial charge in [0.1, 0.15) is 13.2 Å². The second-order valence-electron chi connectivity index (χ2n) is 3.29. The van der Waals surface area contributed by atoms with Gasteiger partial charge in [-0.3, -0.25) is 4.79 Å². The van der Waals surface area contributed by atoms with Crippen LogP contribution in [0.2, 0.25) is 0 Å². The number of carboxylic acids is 1. The van der Waals surface area contributed by atoms with Crippen LogP contribution >= 0.6 is 0 Å². The predicted molar refractivity (Wildman–Crippen MR) is 58.8 cm³/mol. The van der Waals surface area contributed by atoms with Crippen molar-refractivity contribution in [2.45, 2.75) is 6.61 Å². The fourth-order valence-corrected chi connectivity index (χ4v) is 1.15. The molecule has 1 aromatic carbocycles. The predicted octanol–water partition coefficient (Wildman–Crippen LogP) is 1.15. The average molecular weight is 257 g/mol. The maximum atomic E-state index is 13.3. The van der Waals surface area contributed by atoms with E-state index in [1.54, 1.807) is 0 Å². The molecule has 0 unspecified atom stereocenters. The summed E-state index contributed by atoms with van der Waals surface area (Å²) in [6.07, 6.45) is -0.881. The third kappa shape index (κ3) is 4.28. The number of halogens is 1. The number of carboxylic acid groups (broad SMARTS) is 1. The molecule has 1 amide bonds. The van der Waals surface area contributed by atoms with E-state index >= 15 is 0 Å². The van der Waals surface area contributed by atoms with Crippen LogP contribution in [0.3, 0.4) is 0 Å². The Hall–Kier alpha value is -2.31. The number of aliphatic carboxylic acids is 1. The van der Waals surface area contributed by atoms with Crippen molar-refractivity contribution in [3.05, 3.63) is 29.6 Å². The lowest BCUT2D eigenvalue weighted by Gasteiger charge is -2.07. The smallest absolute Gasteiger partial charge is 0.407 e. The molecular weight excluding hydrogens is 245 g/mol. The topological polar surface area (TPSA) is 84.9 Å². The van der Waals surface area contributed by atoms with Crippen molar-refractivity contribution >= 4 is 12.1 Å². The summed E-state index contributed by atoms with van der Waals surface area (Å²) in [6.45, 7) is -0.692. The van der Waals surface area contributed by atoms with E-state index in [0.29, 0.717) is 5.56 Å². The van der Waals surface area contributed by atoms with Crippen LogP contribution in [0, 0.1) is 5.82 Å². The molecule has 0 saturated carbocycles. The number of carbonyl (C=O) groups is 2. The van der Waals surface area contributed by atoms with E-state index in [9.17, 15) is 14.0 Å². The van der Waals surface area contributed by atoms with E-state index in [1.165, 1.54) is 25.3 Å². The molecule has 0 fully saturated rings. The standard InChI is InChI=1S/C11H12FNO5/c1-17-9-3-2-7(4-8(9)12)6-18-11(16)13-5-10(14)15/h2-4H,5-6H2,1H3,(H,13,16)(H,14,15). The number of hydrogen-bond acceptors (Lipinski definition) is 4. The van der Waals surface area contributed by atoms with Crippen molar-refractivity contribution in [3.8, 4) is 5.75 Å². The zero-order valence-corrected chi connectivity index (χ0v) is 9.60. The number of carbonyl (C=O) groups excluding carboxylic acids is 1. The molecule has 18 heavy (non-hydrogen) atoms. The van der Waals surface area contributed by atoms with Crippen LogP contribution in [0.4, 0.5) is 9.18 Å². The van der Waals surface area contributed by atoms with Crippen LogP contribution in [0.1, 0.15) is 5.56 Å². The lowest BCUT2D eigenvalue weighted by atomic mass is 10.2. The Labute approximate surface area is 102 Å². The Morgan fingerprint density at radius 3 is 2.72 bits per heavy atom. The van der Waals surface area contributed by atoms with Crippen LogP contribution in [0.25, 0.3) is 0 Å². The van der Waals surface area contributed by atoms with E-state index in [0.717, 1.165) is 0 Å². The average Bonchev–Trinajstić information content (AvgIpc) is 2.34. The van der Waals surface area contributed by atoms with Gasteiger partial charge in [-0.2, -0.15) is 0 Å². The summed E-state index contributed by atoms with van der Waals surface area (Å²) in [5.74, 6) is -1.65. The van der Waals surface area contributed by atoms with Crippen molar-refractivity contribution in [2.75, 3.05) is 13.7 Å². The summed E-state index contributed by atoms with van der Waals surface area (Å²) in [4.78, 5) is 21.2. The lowest BCUT2D eigenvalue weighted by Crippen LogP contribution is -2.29.